The summed E-state index contributed by atoms with van der Waals surface area (Å²) in [5.41, 5.74) is 3.04. The van der Waals surface area contributed by atoms with E-state index in [-0.39, 0.29) is 10.9 Å². The highest BCUT2D eigenvalue weighted by atomic mass is 32.2. The molecule has 0 bridgehead atoms. The first-order valence-electron chi connectivity index (χ1n) is 9.02. The average molecular weight is 388 g/mol. The molecule has 2 amide bonds. The summed E-state index contributed by atoms with van der Waals surface area (Å²) >= 11 is 0. The Bertz CT molecular complexity index is 897. The quantitative estimate of drug-likeness (QED) is 0.714. The van der Waals surface area contributed by atoms with Crippen LogP contribution in [0.15, 0.2) is 53.4 Å². The molecule has 0 spiro atoms. The van der Waals surface area contributed by atoms with E-state index in [0.717, 1.165) is 30.4 Å². The highest BCUT2D eigenvalue weighted by Crippen LogP contribution is 2.25. The van der Waals surface area contributed by atoms with Crippen LogP contribution < -0.4 is 5.32 Å². The molecule has 0 atom stereocenters. The first kappa shape index (κ1) is 19.4. The molecule has 2 N–H and O–H groups in total. The molecule has 2 aromatic carbocycles. The first-order chi connectivity index (χ1) is 13.0. The zero-order valence-corrected chi connectivity index (χ0v) is 15.9. The fourth-order valence-electron chi connectivity index (χ4n) is 3.19. The number of carbonyl (C=O) groups is 1. The highest BCUT2D eigenvalue weighted by molar-refractivity contribution is 7.91. The van der Waals surface area contributed by atoms with Crippen LogP contribution in [-0.2, 0) is 29.3 Å². The Labute approximate surface area is 159 Å². The number of urea groups is 1. The second kappa shape index (κ2) is 8.54. The summed E-state index contributed by atoms with van der Waals surface area (Å²) in [4.78, 5) is 14.1. The SMILES string of the molecule is O=C(NCCCCc1ccccc1)N1Cc2ccc(S(=O)(=O)CO)cc2C1. The molecule has 1 heterocycles. The van der Waals surface area contributed by atoms with Crippen molar-refractivity contribution in [2.75, 3.05) is 12.5 Å². The number of aryl methyl sites for hydroxylation is 1. The number of hydrogen-bond acceptors (Lipinski definition) is 4. The molecule has 1 aliphatic heterocycles. The lowest BCUT2D eigenvalue weighted by atomic mass is 10.1. The predicted molar refractivity (Wildman–Crippen MR) is 103 cm³/mol. The van der Waals surface area contributed by atoms with Crippen molar-refractivity contribution in [3.63, 3.8) is 0 Å². The summed E-state index contributed by atoms with van der Waals surface area (Å²) in [6.07, 6.45) is 2.90. The minimum absolute atomic E-state index is 0.0897. The lowest BCUT2D eigenvalue weighted by Crippen LogP contribution is -2.36. The summed E-state index contributed by atoms with van der Waals surface area (Å²) in [5, 5.41) is 11.9. The standard InChI is InChI=1S/C20H24N2O4S/c23-15-27(25,26)19-10-9-17-13-22(14-18(17)12-19)20(24)21-11-5-4-8-16-6-2-1-3-7-16/h1-3,6-7,9-10,12,23H,4-5,8,11,13-15H2,(H,21,24). The van der Waals surface area contributed by atoms with Crippen molar-refractivity contribution < 1.29 is 18.3 Å². The van der Waals surface area contributed by atoms with Crippen LogP contribution in [0.3, 0.4) is 0 Å². The Hall–Kier alpha value is -2.38. The third-order valence-corrected chi connectivity index (χ3v) is 6.04. The molecule has 0 fully saturated rings. The van der Waals surface area contributed by atoms with E-state index in [1.165, 1.54) is 11.6 Å². The molecule has 2 aromatic rings. The van der Waals surface area contributed by atoms with Gasteiger partial charge in [-0.05, 0) is 48.1 Å². The van der Waals surface area contributed by atoms with E-state index in [2.05, 4.69) is 17.4 Å². The molecule has 6 nitrogen and oxygen atoms in total. The van der Waals surface area contributed by atoms with Crippen LogP contribution in [-0.4, -0.2) is 36.9 Å². The third-order valence-electron chi connectivity index (χ3n) is 4.73. The smallest absolute Gasteiger partial charge is 0.318 e. The lowest BCUT2D eigenvalue weighted by molar-refractivity contribution is 0.198. The van der Waals surface area contributed by atoms with Crippen LogP contribution in [0.25, 0.3) is 0 Å². The normalized spacial score (nSPS) is 13.4. The van der Waals surface area contributed by atoms with Gasteiger partial charge in [0, 0.05) is 19.6 Å². The van der Waals surface area contributed by atoms with Crippen molar-refractivity contribution in [3.8, 4) is 0 Å². The third kappa shape index (κ3) is 4.87. The molecular formula is C20H24N2O4S. The van der Waals surface area contributed by atoms with Crippen LogP contribution in [0.5, 0.6) is 0 Å². The summed E-state index contributed by atoms with van der Waals surface area (Å²) in [5.74, 6) is -0.918. The average Bonchev–Trinajstić information content (AvgIpc) is 3.12. The number of amides is 2. The number of aliphatic hydroxyl groups excluding tert-OH is 1. The molecule has 0 saturated carbocycles. The van der Waals surface area contributed by atoms with Gasteiger partial charge in [0.25, 0.3) is 0 Å². The topological polar surface area (TPSA) is 86.7 Å². The van der Waals surface area contributed by atoms with E-state index in [4.69, 9.17) is 5.11 Å². The first-order valence-corrected chi connectivity index (χ1v) is 10.7. The fraction of sp³-hybridized carbons (Fsp3) is 0.350. The van der Waals surface area contributed by atoms with Crippen molar-refractivity contribution in [1.82, 2.24) is 10.2 Å². The second-order valence-corrected chi connectivity index (χ2v) is 8.66. The van der Waals surface area contributed by atoms with Crippen LogP contribution in [0.4, 0.5) is 4.79 Å². The van der Waals surface area contributed by atoms with Crippen molar-refractivity contribution >= 4 is 15.9 Å². The molecule has 0 aliphatic carbocycles. The maximum atomic E-state index is 12.3. The Morgan fingerprint density at radius 3 is 2.52 bits per heavy atom. The zero-order valence-electron chi connectivity index (χ0n) is 15.1. The number of unbranched alkanes of at least 4 members (excludes halogenated alkanes) is 1. The van der Waals surface area contributed by atoms with Gasteiger partial charge >= 0.3 is 6.03 Å². The van der Waals surface area contributed by atoms with Gasteiger partial charge in [-0.2, -0.15) is 0 Å². The molecule has 144 valence electrons. The van der Waals surface area contributed by atoms with Crippen LogP contribution in [0.1, 0.15) is 29.5 Å². The molecule has 0 unspecified atom stereocenters. The van der Waals surface area contributed by atoms with Crippen molar-refractivity contribution in [3.05, 3.63) is 65.2 Å². The van der Waals surface area contributed by atoms with Crippen LogP contribution in [0.2, 0.25) is 0 Å². The van der Waals surface area contributed by atoms with E-state index in [1.54, 1.807) is 17.0 Å². The molecule has 1 aliphatic rings. The number of aliphatic hydroxyl groups is 1. The van der Waals surface area contributed by atoms with E-state index in [0.29, 0.717) is 19.6 Å². The Kier molecular flexibility index (Phi) is 6.13. The maximum Gasteiger partial charge on any atom is 0.318 e. The maximum absolute atomic E-state index is 12.3. The summed E-state index contributed by atoms with van der Waals surface area (Å²) in [6, 6.07) is 14.9. The van der Waals surface area contributed by atoms with Crippen LogP contribution >= 0.6 is 0 Å². The van der Waals surface area contributed by atoms with Gasteiger partial charge in [-0.3, -0.25) is 0 Å². The van der Waals surface area contributed by atoms with Gasteiger partial charge in [0.15, 0.2) is 0 Å². The van der Waals surface area contributed by atoms with Crippen molar-refractivity contribution in [1.29, 1.82) is 0 Å². The van der Waals surface area contributed by atoms with Gasteiger partial charge in [0.1, 0.15) is 5.94 Å². The molecule has 0 aromatic heterocycles. The van der Waals surface area contributed by atoms with Gasteiger partial charge in [-0.15, -0.1) is 0 Å². The summed E-state index contributed by atoms with van der Waals surface area (Å²) in [6.45, 7) is 1.45. The van der Waals surface area contributed by atoms with Crippen molar-refractivity contribution in [2.24, 2.45) is 0 Å². The number of hydrogen-bond donors (Lipinski definition) is 2. The number of sulfone groups is 1. The highest BCUT2D eigenvalue weighted by Gasteiger charge is 2.25. The monoisotopic (exact) mass is 388 g/mol. The Balaban J connectivity index is 1.46. The second-order valence-electron chi connectivity index (χ2n) is 6.71. The van der Waals surface area contributed by atoms with Gasteiger partial charge in [-0.25, -0.2) is 13.2 Å². The van der Waals surface area contributed by atoms with E-state index in [9.17, 15) is 13.2 Å². The fourth-order valence-corrected chi connectivity index (χ4v) is 3.93. The molecule has 3 rings (SSSR count). The number of carbonyl (C=O) groups excluding carboxylic acids is 1. The van der Waals surface area contributed by atoms with Gasteiger partial charge in [0.2, 0.25) is 9.84 Å². The van der Waals surface area contributed by atoms with Crippen molar-refractivity contribution in [2.45, 2.75) is 37.2 Å². The molecule has 7 heteroatoms. The van der Waals surface area contributed by atoms with Gasteiger partial charge in [0.05, 0.1) is 4.90 Å². The van der Waals surface area contributed by atoms with E-state index >= 15 is 0 Å². The number of fused-ring (bicyclic) bond motifs is 1. The number of benzene rings is 2. The molecule has 0 radical (unpaired) electrons. The minimum Gasteiger partial charge on any atom is -0.380 e. The van der Waals surface area contributed by atoms with Gasteiger partial charge < -0.3 is 15.3 Å². The van der Waals surface area contributed by atoms with E-state index < -0.39 is 15.8 Å². The Morgan fingerprint density at radius 1 is 1.04 bits per heavy atom. The summed E-state index contributed by atoms with van der Waals surface area (Å²) < 4.78 is 23.6. The number of nitrogens with zero attached hydrogens (tertiary/aromatic N) is 1. The largest absolute Gasteiger partial charge is 0.380 e. The van der Waals surface area contributed by atoms with Crippen LogP contribution in [0, 0.1) is 0 Å². The Morgan fingerprint density at radius 2 is 1.78 bits per heavy atom. The molecular weight excluding hydrogens is 364 g/mol. The number of nitrogens with one attached hydrogen (secondary N) is 1. The number of rotatable bonds is 7. The predicted octanol–water partition coefficient (Wildman–Crippen LogP) is 2.46. The molecule has 27 heavy (non-hydrogen) atoms. The summed E-state index contributed by atoms with van der Waals surface area (Å²) in [7, 11) is -3.66. The zero-order chi connectivity index (χ0) is 19.3. The van der Waals surface area contributed by atoms with Gasteiger partial charge in [-0.1, -0.05) is 36.4 Å². The molecule has 0 saturated heterocycles. The van der Waals surface area contributed by atoms with E-state index in [1.807, 2.05) is 18.2 Å². The minimum atomic E-state index is -3.66. The lowest BCUT2D eigenvalue weighted by Gasteiger charge is -2.16.